The lowest BCUT2D eigenvalue weighted by atomic mass is 10.1. The number of sulfonamides is 1. The van der Waals surface area contributed by atoms with E-state index in [0.29, 0.717) is 5.02 Å². The molecule has 3 aromatic rings. The molecule has 0 saturated heterocycles. The van der Waals surface area contributed by atoms with Crippen LogP contribution in [-0.4, -0.2) is 43.8 Å². The highest BCUT2D eigenvalue weighted by Gasteiger charge is 2.32. The molecule has 7 nitrogen and oxygen atoms in total. The van der Waals surface area contributed by atoms with Crippen molar-refractivity contribution in [3.63, 3.8) is 0 Å². The van der Waals surface area contributed by atoms with Gasteiger partial charge in [-0.1, -0.05) is 54.1 Å². The number of carbonyl (C=O) groups excluding carboxylic acids is 2. The second kappa shape index (κ2) is 12.3. The Balaban J connectivity index is 2.02. The monoisotopic (exact) mass is 541 g/mol. The molecule has 1 unspecified atom stereocenters. The summed E-state index contributed by atoms with van der Waals surface area (Å²) in [5.41, 5.74) is 2.11. The van der Waals surface area contributed by atoms with Gasteiger partial charge in [0.25, 0.3) is 10.0 Å². The number of amides is 2. The maximum atomic E-state index is 13.8. The predicted octanol–water partition coefficient (Wildman–Crippen LogP) is 4.79. The summed E-state index contributed by atoms with van der Waals surface area (Å²) in [6.45, 7) is 6.91. The first-order valence-corrected chi connectivity index (χ1v) is 13.8. The summed E-state index contributed by atoms with van der Waals surface area (Å²) in [4.78, 5) is 28.2. The van der Waals surface area contributed by atoms with Crippen LogP contribution in [0.4, 0.5) is 5.69 Å². The quantitative estimate of drug-likeness (QED) is 0.400. The van der Waals surface area contributed by atoms with Crippen molar-refractivity contribution in [3.05, 3.63) is 95.0 Å². The lowest BCUT2D eigenvalue weighted by Gasteiger charge is -2.32. The minimum atomic E-state index is -4.10. The van der Waals surface area contributed by atoms with Crippen LogP contribution < -0.4 is 9.62 Å². The van der Waals surface area contributed by atoms with Crippen LogP contribution in [0, 0.1) is 6.92 Å². The molecule has 37 heavy (non-hydrogen) atoms. The first-order chi connectivity index (χ1) is 17.5. The van der Waals surface area contributed by atoms with Crippen LogP contribution in [0.15, 0.2) is 83.8 Å². The van der Waals surface area contributed by atoms with E-state index in [1.807, 2.05) is 45.0 Å². The molecule has 1 N–H and O–H groups in total. The molecule has 0 aliphatic rings. The third kappa shape index (κ3) is 7.11. The van der Waals surface area contributed by atoms with E-state index in [1.165, 1.54) is 17.0 Å². The van der Waals surface area contributed by atoms with Crippen LogP contribution in [-0.2, 0) is 26.2 Å². The Morgan fingerprint density at radius 1 is 0.892 bits per heavy atom. The van der Waals surface area contributed by atoms with Gasteiger partial charge >= 0.3 is 0 Å². The van der Waals surface area contributed by atoms with Crippen LogP contribution in [0.3, 0.4) is 0 Å². The van der Waals surface area contributed by atoms with Gasteiger partial charge in [-0.15, -0.1) is 0 Å². The highest BCUT2D eigenvalue weighted by Crippen LogP contribution is 2.26. The molecule has 0 aromatic heterocycles. The summed E-state index contributed by atoms with van der Waals surface area (Å²) in [6.07, 6.45) is 0. The number of aryl methyl sites for hydroxylation is 1. The van der Waals surface area contributed by atoms with Gasteiger partial charge in [-0.3, -0.25) is 13.9 Å². The van der Waals surface area contributed by atoms with Crippen LogP contribution >= 0.6 is 11.6 Å². The van der Waals surface area contributed by atoms with E-state index in [9.17, 15) is 18.0 Å². The summed E-state index contributed by atoms with van der Waals surface area (Å²) < 4.78 is 28.4. The third-order valence-electron chi connectivity index (χ3n) is 5.92. The summed E-state index contributed by atoms with van der Waals surface area (Å²) in [6, 6.07) is 20.8. The minimum absolute atomic E-state index is 0.0498. The van der Waals surface area contributed by atoms with Gasteiger partial charge in [0.05, 0.1) is 10.6 Å². The number of nitrogens with one attached hydrogen (secondary N) is 1. The predicted molar refractivity (Wildman–Crippen MR) is 147 cm³/mol. The number of hydrogen-bond donors (Lipinski definition) is 1. The van der Waals surface area contributed by atoms with Crippen molar-refractivity contribution in [2.75, 3.05) is 10.8 Å². The second-order valence-electron chi connectivity index (χ2n) is 9.09. The van der Waals surface area contributed by atoms with E-state index < -0.39 is 28.5 Å². The van der Waals surface area contributed by atoms with E-state index in [1.54, 1.807) is 49.4 Å². The third-order valence-corrected chi connectivity index (χ3v) is 7.96. The Hall–Kier alpha value is -3.36. The second-order valence-corrected chi connectivity index (χ2v) is 11.4. The average Bonchev–Trinajstić information content (AvgIpc) is 2.87. The van der Waals surface area contributed by atoms with E-state index in [0.717, 1.165) is 15.4 Å². The van der Waals surface area contributed by atoms with Crippen molar-refractivity contribution < 1.29 is 18.0 Å². The Labute approximate surface area is 224 Å². The maximum absolute atomic E-state index is 13.8. The zero-order chi connectivity index (χ0) is 27.2. The fourth-order valence-corrected chi connectivity index (χ4v) is 5.38. The summed E-state index contributed by atoms with van der Waals surface area (Å²) >= 11 is 6.04. The largest absolute Gasteiger partial charge is 0.352 e. The van der Waals surface area contributed by atoms with E-state index in [4.69, 9.17) is 11.6 Å². The molecule has 0 aliphatic carbocycles. The standard InChI is InChI=1S/C28H32ClN3O4S/c1-20(2)30-28(34)22(4)31(18-23-11-9-8-10-21(23)3)27(33)19-32(25-16-14-24(29)15-17-25)37(35,36)26-12-6-5-7-13-26/h5-17,20,22H,18-19H2,1-4H3,(H,30,34). The Morgan fingerprint density at radius 3 is 2.08 bits per heavy atom. The highest BCUT2D eigenvalue weighted by molar-refractivity contribution is 7.92. The topological polar surface area (TPSA) is 86.8 Å². The first-order valence-electron chi connectivity index (χ1n) is 12.0. The van der Waals surface area contributed by atoms with E-state index in [2.05, 4.69) is 5.32 Å². The maximum Gasteiger partial charge on any atom is 0.264 e. The molecule has 2 amide bonds. The van der Waals surface area contributed by atoms with Gasteiger partial charge < -0.3 is 10.2 Å². The Morgan fingerprint density at radius 2 is 1.49 bits per heavy atom. The molecule has 0 radical (unpaired) electrons. The van der Waals surface area contributed by atoms with Gasteiger partial charge in [0.1, 0.15) is 12.6 Å². The minimum Gasteiger partial charge on any atom is -0.352 e. The fraction of sp³-hybridized carbons (Fsp3) is 0.286. The molecule has 3 aromatic carbocycles. The van der Waals surface area contributed by atoms with Crippen molar-refractivity contribution in [3.8, 4) is 0 Å². The smallest absolute Gasteiger partial charge is 0.264 e. The summed E-state index contributed by atoms with van der Waals surface area (Å²) in [5, 5.41) is 3.28. The van der Waals surface area contributed by atoms with Crippen molar-refractivity contribution in [2.45, 2.75) is 51.2 Å². The normalized spacial score (nSPS) is 12.2. The highest BCUT2D eigenvalue weighted by atomic mass is 35.5. The molecule has 196 valence electrons. The molecule has 0 bridgehead atoms. The van der Waals surface area contributed by atoms with Crippen molar-refractivity contribution in [2.24, 2.45) is 0 Å². The average molecular weight is 542 g/mol. The first kappa shape index (κ1) is 28.2. The molecule has 0 saturated carbocycles. The SMILES string of the molecule is Cc1ccccc1CN(C(=O)CN(c1ccc(Cl)cc1)S(=O)(=O)c1ccccc1)C(C)C(=O)NC(C)C. The zero-order valence-electron chi connectivity index (χ0n) is 21.4. The molecule has 0 heterocycles. The molecular formula is C28H32ClN3O4S. The Bertz CT molecular complexity index is 1330. The molecule has 3 rings (SSSR count). The van der Waals surface area contributed by atoms with Crippen LogP contribution in [0.1, 0.15) is 31.9 Å². The lowest BCUT2D eigenvalue weighted by molar-refractivity contribution is -0.139. The Kier molecular flexibility index (Phi) is 9.34. The van der Waals surface area contributed by atoms with Crippen LogP contribution in [0.2, 0.25) is 5.02 Å². The number of hydrogen-bond acceptors (Lipinski definition) is 4. The van der Waals surface area contributed by atoms with Crippen molar-refractivity contribution in [1.82, 2.24) is 10.2 Å². The number of halogens is 1. The number of anilines is 1. The van der Waals surface area contributed by atoms with Gasteiger partial charge in [-0.2, -0.15) is 0 Å². The van der Waals surface area contributed by atoms with Crippen molar-refractivity contribution in [1.29, 1.82) is 0 Å². The summed E-state index contributed by atoms with van der Waals surface area (Å²) in [7, 11) is -4.10. The number of nitrogens with zero attached hydrogens (tertiary/aromatic N) is 2. The number of rotatable bonds is 10. The van der Waals surface area contributed by atoms with E-state index in [-0.39, 0.29) is 29.1 Å². The number of carbonyl (C=O) groups is 2. The van der Waals surface area contributed by atoms with Crippen LogP contribution in [0.25, 0.3) is 0 Å². The number of benzene rings is 3. The molecule has 0 aliphatic heterocycles. The summed E-state index contributed by atoms with van der Waals surface area (Å²) in [5.74, 6) is -0.829. The molecule has 0 fully saturated rings. The van der Waals surface area contributed by atoms with Gasteiger partial charge in [-0.05, 0) is 75.2 Å². The van der Waals surface area contributed by atoms with Gasteiger partial charge in [0.2, 0.25) is 11.8 Å². The molecule has 0 spiro atoms. The van der Waals surface area contributed by atoms with Crippen molar-refractivity contribution >= 4 is 39.1 Å². The van der Waals surface area contributed by atoms with Gasteiger partial charge in [-0.25, -0.2) is 8.42 Å². The molecule has 1 atom stereocenters. The van der Waals surface area contributed by atoms with Gasteiger partial charge in [0, 0.05) is 17.6 Å². The molecular weight excluding hydrogens is 510 g/mol. The van der Waals surface area contributed by atoms with E-state index >= 15 is 0 Å². The van der Waals surface area contributed by atoms with Gasteiger partial charge in [0.15, 0.2) is 0 Å². The lowest BCUT2D eigenvalue weighted by Crippen LogP contribution is -2.52. The molecule has 9 heteroatoms. The fourth-order valence-electron chi connectivity index (χ4n) is 3.81. The zero-order valence-corrected chi connectivity index (χ0v) is 23.0. The van der Waals surface area contributed by atoms with Crippen LogP contribution in [0.5, 0.6) is 0 Å².